The van der Waals surface area contributed by atoms with Crippen LogP contribution in [0, 0.1) is 6.92 Å². The molecule has 0 radical (unpaired) electrons. The number of para-hydroxylation sites is 1. The van der Waals surface area contributed by atoms with Crippen LogP contribution in [0.25, 0.3) is 10.9 Å². The number of hydrogen-bond donors (Lipinski definition) is 3. The lowest BCUT2D eigenvalue weighted by Crippen LogP contribution is -2.47. The molecule has 2 amide bonds. The van der Waals surface area contributed by atoms with E-state index in [9.17, 15) is 9.90 Å². The van der Waals surface area contributed by atoms with E-state index in [1.165, 1.54) is 16.5 Å². The first-order valence-corrected chi connectivity index (χ1v) is 8.12. The molecule has 2 rings (SSSR count). The first-order chi connectivity index (χ1) is 10.8. The van der Waals surface area contributed by atoms with Crippen molar-refractivity contribution in [1.29, 1.82) is 0 Å². The minimum atomic E-state index is -0.887. The third kappa shape index (κ3) is 4.48. The van der Waals surface area contributed by atoms with Gasteiger partial charge in [-0.15, -0.1) is 0 Å². The van der Waals surface area contributed by atoms with Crippen LogP contribution >= 0.6 is 0 Å². The molecule has 23 heavy (non-hydrogen) atoms. The van der Waals surface area contributed by atoms with Crippen molar-refractivity contribution in [3.05, 3.63) is 35.5 Å². The van der Waals surface area contributed by atoms with Crippen molar-refractivity contribution in [3.63, 3.8) is 0 Å². The van der Waals surface area contributed by atoms with Crippen molar-refractivity contribution in [2.75, 3.05) is 19.6 Å². The average molecular weight is 317 g/mol. The predicted octanol–water partition coefficient (Wildman–Crippen LogP) is 2.82. The number of nitrogens with one attached hydrogen (secondary N) is 2. The Morgan fingerprint density at radius 3 is 2.78 bits per heavy atom. The number of benzene rings is 1. The van der Waals surface area contributed by atoms with E-state index in [1.807, 2.05) is 13.1 Å². The third-order valence-corrected chi connectivity index (χ3v) is 3.93. The topological polar surface area (TPSA) is 68.4 Å². The Balaban J connectivity index is 1.93. The van der Waals surface area contributed by atoms with Gasteiger partial charge >= 0.3 is 6.03 Å². The monoisotopic (exact) mass is 317 g/mol. The Morgan fingerprint density at radius 1 is 1.39 bits per heavy atom. The summed E-state index contributed by atoms with van der Waals surface area (Å²) in [5.41, 5.74) is 2.70. The lowest BCUT2D eigenvalue weighted by Gasteiger charge is -2.28. The van der Waals surface area contributed by atoms with Crippen LogP contribution < -0.4 is 5.32 Å². The number of carbonyl (C=O) groups excluding carboxylic acids is 1. The zero-order chi connectivity index (χ0) is 17.0. The van der Waals surface area contributed by atoms with Crippen LogP contribution in [0.2, 0.25) is 0 Å². The van der Waals surface area contributed by atoms with E-state index in [-0.39, 0.29) is 6.03 Å². The van der Waals surface area contributed by atoms with Gasteiger partial charge in [0, 0.05) is 30.2 Å². The normalized spacial score (nSPS) is 11.7. The lowest BCUT2D eigenvalue weighted by atomic mass is 10.1. The second-order valence-electron chi connectivity index (χ2n) is 6.62. The summed E-state index contributed by atoms with van der Waals surface area (Å²) in [5.74, 6) is 0. The molecular weight excluding hydrogens is 290 g/mol. The largest absolute Gasteiger partial charge is 0.389 e. The Morgan fingerprint density at radius 2 is 2.13 bits per heavy atom. The zero-order valence-corrected chi connectivity index (χ0v) is 14.4. The highest BCUT2D eigenvalue weighted by atomic mass is 16.3. The van der Waals surface area contributed by atoms with Crippen LogP contribution in [0.15, 0.2) is 24.4 Å². The van der Waals surface area contributed by atoms with Crippen LogP contribution in [-0.4, -0.2) is 46.3 Å². The quantitative estimate of drug-likeness (QED) is 0.767. The van der Waals surface area contributed by atoms with Gasteiger partial charge in [-0.05, 0) is 45.2 Å². The molecule has 3 N–H and O–H groups in total. The maximum absolute atomic E-state index is 12.2. The number of amides is 2. The minimum absolute atomic E-state index is 0.134. The van der Waals surface area contributed by atoms with Gasteiger partial charge in [0.2, 0.25) is 0 Å². The number of urea groups is 1. The summed E-state index contributed by atoms with van der Waals surface area (Å²) in [4.78, 5) is 17.1. The first-order valence-electron chi connectivity index (χ1n) is 8.12. The standard InChI is InChI=1S/C18H27N3O2/c1-5-21(12-18(3,4)23)17(22)19-10-9-14-11-20-16-13(2)7-6-8-15(14)16/h6-8,11,20,23H,5,9-10,12H2,1-4H3,(H,19,22). The van der Waals surface area contributed by atoms with Gasteiger partial charge in [0.05, 0.1) is 12.1 Å². The number of hydrogen-bond acceptors (Lipinski definition) is 2. The van der Waals surface area contributed by atoms with Gasteiger partial charge in [0.15, 0.2) is 0 Å². The second kappa shape index (κ2) is 7.04. The summed E-state index contributed by atoms with van der Waals surface area (Å²) in [5, 5.41) is 14.0. The molecule has 0 aliphatic rings. The number of nitrogens with zero attached hydrogens (tertiary/aromatic N) is 1. The molecule has 1 aromatic carbocycles. The van der Waals surface area contributed by atoms with Crippen molar-refractivity contribution in [3.8, 4) is 0 Å². The summed E-state index contributed by atoms with van der Waals surface area (Å²) >= 11 is 0. The van der Waals surface area contributed by atoms with Crippen molar-refractivity contribution in [2.45, 2.75) is 39.7 Å². The van der Waals surface area contributed by atoms with E-state index in [0.717, 1.165) is 11.9 Å². The molecule has 0 aliphatic carbocycles. The van der Waals surface area contributed by atoms with Crippen LogP contribution in [0.1, 0.15) is 31.9 Å². The molecule has 2 aromatic rings. The van der Waals surface area contributed by atoms with E-state index >= 15 is 0 Å². The van der Waals surface area contributed by atoms with E-state index in [2.05, 4.69) is 35.4 Å². The Bertz CT molecular complexity index is 670. The molecule has 0 bridgehead atoms. The van der Waals surface area contributed by atoms with Crippen LogP contribution in [0.5, 0.6) is 0 Å². The maximum atomic E-state index is 12.2. The molecular formula is C18H27N3O2. The third-order valence-electron chi connectivity index (χ3n) is 3.93. The molecule has 0 atom stereocenters. The predicted molar refractivity (Wildman–Crippen MR) is 93.7 cm³/mol. The van der Waals surface area contributed by atoms with Crippen molar-refractivity contribution >= 4 is 16.9 Å². The number of carbonyl (C=O) groups is 1. The first kappa shape index (κ1) is 17.3. The van der Waals surface area contributed by atoms with Crippen LogP contribution in [0.3, 0.4) is 0 Å². The molecule has 126 valence electrons. The van der Waals surface area contributed by atoms with Crippen molar-refractivity contribution in [2.24, 2.45) is 0 Å². The van der Waals surface area contributed by atoms with Crippen LogP contribution in [0.4, 0.5) is 4.79 Å². The van der Waals surface area contributed by atoms with Gasteiger partial charge in [-0.25, -0.2) is 4.79 Å². The smallest absolute Gasteiger partial charge is 0.317 e. The highest BCUT2D eigenvalue weighted by Gasteiger charge is 2.20. The van der Waals surface area contributed by atoms with Gasteiger partial charge in [0.1, 0.15) is 0 Å². The molecule has 0 aliphatic heterocycles. The average Bonchev–Trinajstić information content (AvgIpc) is 2.88. The number of aromatic nitrogens is 1. The van der Waals surface area contributed by atoms with E-state index in [4.69, 9.17) is 0 Å². The van der Waals surface area contributed by atoms with Gasteiger partial charge in [-0.2, -0.15) is 0 Å². The van der Waals surface area contributed by atoms with Crippen molar-refractivity contribution < 1.29 is 9.90 Å². The Labute approximate surface area is 137 Å². The number of rotatable bonds is 6. The van der Waals surface area contributed by atoms with E-state index in [1.54, 1.807) is 18.7 Å². The number of H-pyrrole nitrogens is 1. The van der Waals surface area contributed by atoms with Crippen LogP contribution in [-0.2, 0) is 6.42 Å². The molecule has 0 spiro atoms. The molecule has 0 saturated heterocycles. The minimum Gasteiger partial charge on any atom is -0.389 e. The Kier molecular flexibility index (Phi) is 5.31. The summed E-state index contributed by atoms with van der Waals surface area (Å²) in [7, 11) is 0. The lowest BCUT2D eigenvalue weighted by molar-refractivity contribution is 0.0480. The fourth-order valence-corrected chi connectivity index (χ4v) is 2.78. The summed E-state index contributed by atoms with van der Waals surface area (Å²) < 4.78 is 0. The highest BCUT2D eigenvalue weighted by Crippen LogP contribution is 2.21. The number of aliphatic hydroxyl groups is 1. The molecule has 0 unspecified atom stereocenters. The number of aryl methyl sites for hydroxylation is 1. The Hall–Kier alpha value is -2.01. The second-order valence-corrected chi connectivity index (χ2v) is 6.62. The van der Waals surface area contributed by atoms with E-state index < -0.39 is 5.60 Å². The van der Waals surface area contributed by atoms with Gasteiger partial charge in [-0.1, -0.05) is 18.2 Å². The van der Waals surface area contributed by atoms with Gasteiger partial charge in [-0.3, -0.25) is 0 Å². The molecule has 1 aromatic heterocycles. The molecule has 5 nitrogen and oxygen atoms in total. The maximum Gasteiger partial charge on any atom is 0.317 e. The summed E-state index contributed by atoms with van der Waals surface area (Å²) in [6.07, 6.45) is 2.79. The molecule has 0 saturated carbocycles. The van der Waals surface area contributed by atoms with E-state index in [0.29, 0.717) is 19.6 Å². The molecule has 5 heteroatoms. The fourth-order valence-electron chi connectivity index (χ4n) is 2.78. The number of likely N-dealkylation sites (N-methyl/N-ethyl adjacent to an activating group) is 1. The van der Waals surface area contributed by atoms with Gasteiger partial charge in [0.25, 0.3) is 0 Å². The molecule has 0 fully saturated rings. The number of aromatic amines is 1. The number of fused-ring (bicyclic) bond motifs is 1. The SMILES string of the molecule is CCN(CC(C)(C)O)C(=O)NCCc1c[nH]c2c(C)cccc12. The fraction of sp³-hybridized carbons (Fsp3) is 0.500. The highest BCUT2D eigenvalue weighted by molar-refractivity contribution is 5.86. The van der Waals surface area contributed by atoms with Gasteiger partial charge < -0.3 is 20.3 Å². The zero-order valence-electron chi connectivity index (χ0n) is 14.4. The van der Waals surface area contributed by atoms with Crippen molar-refractivity contribution in [1.82, 2.24) is 15.2 Å². The molecule has 1 heterocycles. The summed E-state index contributed by atoms with van der Waals surface area (Å²) in [6, 6.07) is 6.10. The summed E-state index contributed by atoms with van der Waals surface area (Å²) in [6.45, 7) is 8.87.